The first kappa shape index (κ1) is 23.8. The second-order valence-corrected chi connectivity index (χ2v) is 7.50. The van der Waals surface area contributed by atoms with E-state index >= 15 is 0 Å². The SMILES string of the molecule is CCC(C)OCC(C)(COC(=O)C(C)C)C(=O)OCCCN1C(=O)C=CC1=O. The molecule has 0 bridgehead atoms. The summed E-state index contributed by atoms with van der Waals surface area (Å²) in [5, 5.41) is 0. The maximum Gasteiger partial charge on any atom is 0.317 e. The summed E-state index contributed by atoms with van der Waals surface area (Å²) in [6.45, 7) is 9.02. The smallest absolute Gasteiger partial charge is 0.317 e. The molecule has 2 amide bonds. The molecule has 0 aromatic carbocycles. The van der Waals surface area contributed by atoms with Gasteiger partial charge in [-0.05, 0) is 26.7 Å². The lowest BCUT2D eigenvalue weighted by Gasteiger charge is -2.28. The number of esters is 2. The minimum atomic E-state index is -1.14. The Morgan fingerprint density at radius 2 is 1.68 bits per heavy atom. The Morgan fingerprint density at radius 3 is 2.21 bits per heavy atom. The van der Waals surface area contributed by atoms with E-state index in [9.17, 15) is 19.2 Å². The summed E-state index contributed by atoms with van der Waals surface area (Å²) < 4.78 is 16.3. The van der Waals surface area contributed by atoms with Crippen molar-refractivity contribution in [3.63, 3.8) is 0 Å². The van der Waals surface area contributed by atoms with Crippen LogP contribution in [0.3, 0.4) is 0 Å². The lowest BCUT2D eigenvalue weighted by atomic mass is 9.93. The molecule has 0 aromatic rings. The van der Waals surface area contributed by atoms with Crippen LogP contribution in [-0.2, 0) is 33.4 Å². The molecule has 8 nitrogen and oxygen atoms in total. The number of carbonyl (C=O) groups is 4. The van der Waals surface area contributed by atoms with Crippen LogP contribution in [0.15, 0.2) is 12.2 Å². The van der Waals surface area contributed by atoms with Gasteiger partial charge in [-0.15, -0.1) is 0 Å². The van der Waals surface area contributed by atoms with Crippen molar-refractivity contribution in [2.24, 2.45) is 11.3 Å². The van der Waals surface area contributed by atoms with Crippen LogP contribution in [0.1, 0.15) is 47.5 Å². The number of hydrogen-bond donors (Lipinski definition) is 0. The molecule has 0 saturated heterocycles. The van der Waals surface area contributed by atoms with Gasteiger partial charge >= 0.3 is 11.9 Å². The van der Waals surface area contributed by atoms with Crippen LogP contribution in [0.25, 0.3) is 0 Å². The molecule has 0 aliphatic carbocycles. The Hall–Kier alpha value is -2.22. The van der Waals surface area contributed by atoms with E-state index in [4.69, 9.17) is 14.2 Å². The highest BCUT2D eigenvalue weighted by Gasteiger charge is 2.38. The molecule has 1 rings (SSSR count). The molecule has 0 N–H and O–H groups in total. The van der Waals surface area contributed by atoms with E-state index in [1.165, 1.54) is 12.2 Å². The van der Waals surface area contributed by atoms with Crippen molar-refractivity contribution in [3.8, 4) is 0 Å². The van der Waals surface area contributed by atoms with Crippen molar-refractivity contribution in [3.05, 3.63) is 12.2 Å². The molecule has 0 fully saturated rings. The van der Waals surface area contributed by atoms with Crippen LogP contribution in [0, 0.1) is 11.3 Å². The normalized spacial score (nSPS) is 17.0. The number of carbonyl (C=O) groups excluding carboxylic acids is 4. The van der Waals surface area contributed by atoms with Gasteiger partial charge in [-0.1, -0.05) is 20.8 Å². The van der Waals surface area contributed by atoms with Gasteiger partial charge in [0.25, 0.3) is 11.8 Å². The van der Waals surface area contributed by atoms with Gasteiger partial charge in [0.05, 0.1) is 25.2 Å². The third-order valence-corrected chi connectivity index (χ3v) is 4.42. The van der Waals surface area contributed by atoms with Gasteiger partial charge in [-0.3, -0.25) is 24.1 Å². The molecule has 2 unspecified atom stereocenters. The first-order valence-corrected chi connectivity index (χ1v) is 9.59. The van der Waals surface area contributed by atoms with Crippen molar-refractivity contribution in [1.82, 2.24) is 4.90 Å². The first-order chi connectivity index (χ1) is 13.1. The van der Waals surface area contributed by atoms with Crippen LogP contribution < -0.4 is 0 Å². The van der Waals surface area contributed by atoms with E-state index in [1.54, 1.807) is 20.8 Å². The summed E-state index contributed by atoms with van der Waals surface area (Å²) in [5.41, 5.74) is -1.14. The maximum absolute atomic E-state index is 12.6. The standard InChI is InChI=1S/C20H31NO7/c1-6-15(4)27-12-20(5,13-28-18(24)14(2)3)19(25)26-11-7-10-21-16(22)8-9-17(21)23/h8-9,14-15H,6-7,10-13H2,1-5H3. The Labute approximate surface area is 166 Å². The molecule has 0 aromatic heterocycles. The fraction of sp³-hybridized carbons (Fsp3) is 0.700. The number of rotatable bonds is 12. The van der Waals surface area contributed by atoms with Crippen LogP contribution in [0.4, 0.5) is 0 Å². The number of ether oxygens (including phenoxy) is 3. The Kier molecular flexibility index (Phi) is 9.31. The minimum Gasteiger partial charge on any atom is -0.465 e. The molecular weight excluding hydrogens is 366 g/mol. The van der Waals surface area contributed by atoms with E-state index in [0.717, 1.165) is 11.3 Å². The molecule has 1 aliphatic heterocycles. The number of nitrogens with zero attached hydrogens (tertiary/aromatic N) is 1. The molecule has 1 aliphatic rings. The molecule has 28 heavy (non-hydrogen) atoms. The molecule has 2 atom stereocenters. The number of hydrogen-bond acceptors (Lipinski definition) is 7. The van der Waals surface area contributed by atoms with Crippen molar-refractivity contribution >= 4 is 23.8 Å². The summed E-state index contributed by atoms with van der Waals surface area (Å²) in [6.07, 6.45) is 3.47. The Morgan fingerprint density at radius 1 is 1.07 bits per heavy atom. The van der Waals surface area contributed by atoms with E-state index in [-0.39, 0.29) is 50.2 Å². The minimum absolute atomic E-state index is 0.0347. The monoisotopic (exact) mass is 397 g/mol. The van der Waals surface area contributed by atoms with E-state index in [2.05, 4.69) is 0 Å². The lowest BCUT2D eigenvalue weighted by Crippen LogP contribution is -2.41. The fourth-order valence-electron chi connectivity index (χ4n) is 2.21. The van der Waals surface area contributed by atoms with Gasteiger partial charge in [0, 0.05) is 18.7 Å². The van der Waals surface area contributed by atoms with Gasteiger partial charge in [0.2, 0.25) is 0 Å². The number of imide groups is 1. The lowest BCUT2D eigenvalue weighted by molar-refractivity contribution is -0.170. The van der Waals surface area contributed by atoms with Gasteiger partial charge in [-0.25, -0.2) is 0 Å². The summed E-state index contributed by atoms with van der Waals surface area (Å²) >= 11 is 0. The molecular formula is C20H31NO7. The van der Waals surface area contributed by atoms with Crippen LogP contribution >= 0.6 is 0 Å². The highest BCUT2D eigenvalue weighted by molar-refractivity contribution is 6.12. The summed E-state index contributed by atoms with van der Waals surface area (Å²) in [7, 11) is 0. The van der Waals surface area contributed by atoms with Crippen molar-refractivity contribution in [1.29, 1.82) is 0 Å². The Bertz CT molecular complexity index is 596. The van der Waals surface area contributed by atoms with E-state index < -0.39 is 17.4 Å². The predicted octanol–water partition coefficient (Wildman–Crippen LogP) is 1.87. The van der Waals surface area contributed by atoms with Crippen molar-refractivity contribution in [2.75, 3.05) is 26.4 Å². The largest absolute Gasteiger partial charge is 0.465 e. The second kappa shape index (κ2) is 10.9. The van der Waals surface area contributed by atoms with Crippen LogP contribution in [0.5, 0.6) is 0 Å². The van der Waals surface area contributed by atoms with Gasteiger partial charge in [0.1, 0.15) is 12.0 Å². The Balaban J connectivity index is 2.58. The van der Waals surface area contributed by atoms with E-state index in [0.29, 0.717) is 6.42 Å². The topological polar surface area (TPSA) is 99.2 Å². The number of amides is 2. The van der Waals surface area contributed by atoms with Crippen molar-refractivity contribution in [2.45, 2.75) is 53.6 Å². The molecule has 0 radical (unpaired) electrons. The quantitative estimate of drug-likeness (QED) is 0.282. The molecule has 8 heteroatoms. The third-order valence-electron chi connectivity index (χ3n) is 4.42. The van der Waals surface area contributed by atoms with Crippen LogP contribution in [-0.4, -0.2) is 61.1 Å². The zero-order valence-electron chi connectivity index (χ0n) is 17.4. The van der Waals surface area contributed by atoms with Crippen molar-refractivity contribution < 1.29 is 33.4 Å². The van der Waals surface area contributed by atoms with Gasteiger partial charge < -0.3 is 14.2 Å². The average molecular weight is 397 g/mol. The van der Waals surface area contributed by atoms with Gasteiger partial charge in [0.15, 0.2) is 0 Å². The molecule has 158 valence electrons. The molecule has 1 heterocycles. The molecule has 0 spiro atoms. The predicted molar refractivity (Wildman–Crippen MR) is 101 cm³/mol. The zero-order chi connectivity index (χ0) is 21.3. The molecule has 0 saturated carbocycles. The highest BCUT2D eigenvalue weighted by Crippen LogP contribution is 2.22. The van der Waals surface area contributed by atoms with Gasteiger partial charge in [-0.2, -0.15) is 0 Å². The van der Waals surface area contributed by atoms with Crippen LogP contribution in [0.2, 0.25) is 0 Å². The fourth-order valence-corrected chi connectivity index (χ4v) is 2.21. The summed E-state index contributed by atoms with van der Waals surface area (Å²) in [6, 6.07) is 0. The zero-order valence-corrected chi connectivity index (χ0v) is 17.4. The van der Waals surface area contributed by atoms with E-state index in [1.807, 2.05) is 13.8 Å². The first-order valence-electron chi connectivity index (χ1n) is 9.59. The second-order valence-electron chi connectivity index (χ2n) is 7.50. The third kappa shape index (κ3) is 7.07. The summed E-state index contributed by atoms with van der Waals surface area (Å²) in [5.74, 6) is -2.00. The summed E-state index contributed by atoms with van der Waals surface area (Å²) in [4.78, 5) is 48.5. The highest BCUT2D eigenvalue weighted by atomic mass is 16.6. The average Bonchev–Trinajstić information content (AvgIpc) is 2.98. The maximum atomic E-state index is 12.6.